The average Bonchev–Trinajstić information content (AvgIpc) is 3.14. The number of benzene rings is 1. The molecule has 28 heavy (non-hydrogen) atoms. The van der Waals surface area contributed by atoms with Gasteiger partial charge in [-0.15, -0.1) is 13.2 Å². The smallest absolute Gasteiger partial charge is 0.451 e. The van der Waals surface area contributed by atoms with Crippen molar-refractivity contribution in [2.24, 2.45) is 5.92 Å². The molecule has 3 aliphatic heterocycles. The van der Waals surface area contributed by atoms with Crippen LogP contribution in [0, 0.1) is 5.92 Å². The Morgan fingerprint density at radius 3 is 2.57 bits per heavy atom. The second-order valence-electron chi connectivity index (χ2n) is 7.32. The van der Waals surface area contributed by atoms with E-state index in [-0.39, 0.29) is 40.8 Å². The minimum atomic E-state index is -4.81. The zero-order valence-corrected chi connectivity index (χ0v) is 15.3. The van der Waals surface area contributed by atoms with Crippen LogP contribution in [0.2, 0.25) is 0 Å². The van der Waals surface area contributed by atoms with Crippen molar-refractivity contribution in [1.29, 1.82) is 0 Å². The Bertz CT molecular complexity index is 854. The highest BCUT2D eigenvalue weighted by molar-refractivity contribution is 5.92. The predicted octanol–water partition coefficient (Wildman–Crippen LogP) is 4.06. The number of nitrogens with zero attached hydrogens (tertiary/aromatic N) is 1. The standard InChI is InChI=1S/C20H21F3N2O3/c1-12-18(13-8-10-25(12)11-9-13)24-19(26)17-7-6-15(27-17)14-4-2-3-5-16(14)28-20(21,22)23/h2-7,12-13,18H,8-11H2,1H3,(H,24,26). The molecule has 3 fully saturated rings. The summed E-state index contributed by atoms with van der Waals surface area (Å²) < 4.78 is 47.5. The predicted molar refractivity (Wildman–Crippen MR) is 95.8 cm³/mol. The summed E-state index contributed by atoms with van der Waals surface area (Å²) in [6, 6.07) is 8.94. The monoisotopic (exact) mass is 394 g/mol. The SMILES string of the molecule is CC1C(NC(=O)c2ccc(-c3ccccc3OC(F)(F)F)o2)C2CCN1CC2. The molecule has 0 spiro atoms. The maximum Gasteiger partial charge on any atom is 0.573 e. The second kappa shape index (κ2) is 7.16. The van der Waals surface area contributed by atoms with Crippen molar-refractivity contribution in [1.82, 2.24) is 10.2 Å². The van der Waals surface area contributed by atoms with Crippen LogP contribution in [0.3, 0.4) is 0 Å². The number of para-hydroxylation sites is 1. The molecule has 2 bridgehead atoms. The first-order valence-corrected chi connectivity index (χ1v) is 9.32. The number of hydrogen-bond acceptors (Lipinski definition) is 4. The molecule has 0 radical (unpaired) electrons. The highest BCUT2D eigenvalue weighted by Gasteiger charge is 2.40. The first-order valence-electron chi connectivity index (χ1n) is 9.32. The Morgan fingerprint density at radius 2 is 1.89 bits per heavy atom. The third-order valence-electron chi connectivity index (χ3n) is 5.68. The van der Waals surface area contributed by atoms with Gasteiger partial charge in [-0.1, -0.05) is 12.1 Å². The van der Waals surface area contributed by atoms with E-state index in [1.54, 1.807) is 6.07 Å². The Balaban J connectivity index is 1.51. The number of carbonyl (C=O) groups is 1. The van der Waals surface area contributed by atoms with Crippen LogP contribution in [-0.4, -0.2) is 42.3 Å². The normalized spacial score (nSPS) is 26.9. The number of nitrogens with one attached hydrogen (secondary N) is 1. The number of rotatable bonds is 4. The lowest BCUT2D eigenvalue weighted by Gasteiger charge is -2.49. The molecular formula is C20H21F3N2O3. The van der Waals surface area contributed by atoms with Crippen LogP contribution < -0.4 is 10.1 Å². The van der Waals surface area contributed by atoms with E-state index in [4.69, 9.17) is 4.42 Å². The number of carbonyl (C=O) groups excluding carboxylic acids is 1. The average molecular weight is 394 g/mol. The maximum absolute atomic E-state index is 12.7. The molecule has 8 heteroatoms. The van der Waals surface area contributed by atoms with Crippen LogP contribution in [0.5, 0.6) is 5.75 Å². The van der Waals surface area contributed by atoms with Gasteiger partial charge in [0.2, 0.25) is 0 Å². The largest absolute Gasteiger partial charge is 0.573 e. The van der Waals surface area contributed by atoms with Gasteiger partial charge in [0.15, 0.2) is 5.76 Å². The van der Waals surface area contributed by atoms with E-state index in [1.165, 1.54) is 30.3 Å². The van der Waals surface area contributed by atoms with Gasteiger partial charge in [-0.25, -0.2) is 0 Å². The number of ether oxygens (including phenoxy) is 1. The lowest BCUT2D eigenvalue weighted by molar-refractivity contribution is -0.274. The third kappa shape index (κ3) is 3.73. The fourth-order valence-corrected chi connectivity index (χ4v) is 4.26. The Kier molecular flexibility index (Phi) is 4.82. The van der Waals surface area contributed by atoms with Gasteiger partial charge in [-0.2, -0.15) is 0 Å². The number of halogens is 3. The van der Waals surface area contributed by atoms with E-state index in [2.05, 4.69) is 21.9 Å². The number of piperidine rings is 3. The van der Waals surface area contributed by atoms with Gasteiger partial charge in [-0.05, 0) is 63.0 Å². The second-order valence-corrected chi connectivity index (χ2v) is 7.32. The minimum absolute atomic E-state index is 0.0457. The molecule has 150 valence electrons. The molecule has 0 aliphatic carbocycles. The van der Waals surface area contributed by atoms with E-state index in [0.29, 0.717) is 5.92 Å². The van der Waals surface area contributed by atoms with Crippen molar-refractivity contribution in [3.63, 3.8) is 0 Å². The number of fused-ring (bicyclic) bond motifs is 3. The van der Waals surface area contributed by atoms with Crippen LogP contribution in [0.15, 0.2) is 40.8 Å². The summed E-state index contributed by atoms with van der Waals surface area (Å²) in [5.41, 5.74) is 0.134. The lowest BCUT2D eigenvalue weighted by Crippen LogP contribution is -2.62. The van der Waals surface area contributed by atoms with Gasteiger partial charge < -0.3 is 14.5 Å². The van der Waals surface area contributed by atoms with Gasteiger partial charge in [-0.3, -0.25) is 9.69 Å². The maximum atomic E-state index is 12.7. The van der Waals surface area contributed by atoms with Crippen molar-refractivity contribution >= 4 is 5.91 Å². The molecule has 4 heterocycles. The van der Waals surface area contributed by atoms with Crippen LogP contribution in [0.25, 0.3) is 11.3 Å². The molecule has 3 aliphatic rings. The van der Waals surface area contributed by atoms with Crippen LogP contribution in [-0.2, 0) is 0 Å². The first kappa shape index (κ1) is 18.9. The Hall–Kier alpha value is -2.48. The number of furan rings is 1. The highest BCUT2D eigenvalue weighted by atomic mass is 19.4. The molecule has 5 rings (SSSR count). The topological polar surface area (TPSA) is 54.7 Å². The number of hydrogen-bond donors (Lipinski definition) is 1. The number of alkyl halides is 3. The quantitative estimate of drug-likeness (QED) is 0.850. The molecule has 2 unspecified atom stereocenters. The fourth-order valence-electron chi connectivity index (χ4n) is 4.26. The molecule has 2 atom stereocenters. The van der Waals surface area contributed by atoms with Crippen molar-refractivity contribution in [3.8, 4) is 17.1 Å². The summed E-state index contributed by atoms with van der Waals surface area (Å²) in [4.78, 5) is 15.0. The molecule has 1 aromatic carbocycles. The summed E-state index contributed by atoms with van der Waals surface area (Å²) in [7, 11) is 0. The molecule has 1 aromatic heterocycles. The van der Waals surface area contributed by atoms with E-state index in [1.807, 2.05) is 0 Å². The highest BCUT2D eigenvalue weighted by Crippen LogP contribution is 2.35. The third-order valence-corrected chi connectivity index (χ3v) is 5.68. The van der Waals surface area contributed by atoms with Gasteiger partial charge in [0, 0.05) is 12.1 Å². The zero-order chi connectivity index (χ0) is 19.9. The molecule has 3 saturated heterocycles. The lowest BCUT2D eigenvalue weighted by atomic mass is 9.79. The van der Waals surface area contributed by atoms with Crippen LogP contribution >= 0.6 is 0 Å². The molecule has 1 N–H and O–H groups in total. The number of amides is 1. The molecule has 5 nitrogen and oxygen atoms in total. The Morgan fingerprint density at radius 1 is 1.18 bits per heavy atom. The van der Waals surface area contributed by atoms with Gasteiger partial charge in [0.05, 0.1) is 5.56 Å². The minimum Gasteiger partial charge on any atom is -0.451 e. The van der Waals surface area contributed by atoms with E-state index >= 15 is 0 Å². The summed E-state index contributed by atoms with van der Waals surface area (Å²) in [6.45, 7) is 4.22. The summed E-state index contributed by atoms with van der Waals surface area (Å²) in [5, 5.41) is 3.05. The molecule has 2 aromatic rings. The van der Waals surface area contributed by atoms with E-state index in [9.17, 15) is 18.0 Å². The fraction of sp³-hybridized carbons (Fsp3) is 0.450. The van der Waals surface area contributed by atoms with Gasteiger partial charge in [0.1, 0.15) is 11.5 Å². The van der Waals surface area contributed by atoms with Crippen molar-refractivity contribution in [3.05, 3.63) is 42.2 Å². The van der Waals surface area contributed by atoms with Crippen LogP contribution in [0.1, 0.15) is 30.3 Å². The summed E-state index contributed by atoms with van der Waals surface area (Å²) in [5.74, 6) is -0.0693. The summed E-state index contributed by atoms with van der Waals surface area (Å²) >= 11 is 0. The summed E-state index contributed by atoms with van der Waals surface area (Å²) in [6.07, 6.45) is -2.70. The van der Waals surface area contributed by atoms with E-state index in [0.717, 1.165) is 25.9 Å². The van der Waals surface area contributed by atoms with Gasteiger partial charge >= 0.3 is 6.36 Å². The zero-order valence-electron chi connectivity index (χ0n) is 15.3. The van der Waals surface area contributed by atoms with Crippen molar-refractivity contribution in [2.45, 2.75) is 38.2 Å². The van der Waals surface area contributed by atoms with Crippen LogP contribution in [0.4, 0.5) is 13.2 Å². The van der Waals surface area contributed by atoms with Crippen molar-refractivity contribution < 1.29 is 27.1 Å². The van der Waals surface area contributed by atoms with Gasteiger partial charge in [0.25, 0.3) is 5.91 Å². The molecular weight excluding hydrogens is 373 g/mol. The molecule has 1 amide bonds. The Labute approximate surface area is 160 Å². The molecule has 0 saturated carbocycles. The first-order chi connectivity index (χ1) is 13.3. The van der Waals surface area contributed by atoms with Crippen molar-refractivity contribution in [2.75, 3.05) is 13.1 Å². The van der Waals surface area contributed by atoms with E-state index < -0.39 is 6.36 Å².